The summed E-state index contributed by atoms with van der Waals surface area (Å²) in [5, 5.41) is 9.11. The number of hydrogen-bond acceptors (Lipinski definition) is 3. The van der Waals surface area contributed by atoms with Crippen LogP contribution in [0.4, 0.5) is 0 Å². The van der Waals surface area contributed by atoms with Crippen molar-refractivity contribution in [3.63, 3.8) is 0 Å². The van der Waals surface area contributed by atoms with Gasteiger partial charge in [0.05, 0.1) is 5.02 Å². The first-order valence-electron chi connectivity index (χ1n) is 6.66. The van der Waals surface area contributed by atoms with Crippen molar-refractivity contribution in [1.82, 2.24) is 4.98 Å². The molecule has 2 atom stereocenters. The highest BCUT2D eigenvalue weighted by Gasteiger charge is 2.23. The summed E-state index contributed by atoms with van der Waals surface area (Å²) >= 11 is 5.78. The van der Waals surface area contributed by atoms with Crippen molar-refractivity contribution in [3.8, 4) is 5.88 Å². The Morgan fingerprint density at radius 3 is 3.00 bits per heavy atom. The first-order valence-corrected chi connectivity index (χ1v) is 7.04. The van der Waals surface area contributed by atoms with Crippen molar-refractivity contribution >= 4 is 17.6 Å². The van der Waals surface area contributed by atoms with Gasteiger partial charge in [-0.2, -0.15) is 0 Å². The maximum absolute atomic E-state index is 11.0. The number of ether oxygens (including phenoxy) is 1. The van der Waals surface area contributed by atoms with E-state index < -0.39 is 5.97 Å². The first kappa shape index (κ1) is 14.1. The van der Waals surface area contributed by atoms with Crippen molar-refractivity contribution in [3.05, 3.63) is 22.8 Å². The van der Waals surface area contributed by atoms with Crippen LogP contribution in [0.25, 0.3) is 0 Å². The number of nitrogens with zero attached hydrogens (tertiary/aromatic N) is 1. The van der Waals surface area contributed by atoms with Crippen molar-refractivity contribution in [2.24, 2.45) is 5.92 Å². The zero-order chi connectivity index (χ0) is 13.8. The molecule has 0 aromatic carbocycles. The number of aromatic nitrogens is 1. The van der Waals surface area contributed by atoms with Gasteiger partial charge in [0.25, 0.3) is 0 Å². The summed E-state index contributed by atoms with van der Waals surface area (Å²) in [7, 11) is 0. The molecular formula is C14H18ClNO3. The second kappa shape index (κ2) is 6.24. The van der Waals surface area contributed by atoms with E-state index in [0.29, 0.717) is 11.8 Å². The van der Waals surface area contributed by atoms with Crippen molar-refractivity contribution < 1.29 is 14.6 Å². The molecule has 1 fully saturated rings. The van der Waals surface area contributed by atoms with Crippen molar-refractivity contribution in [2.75, 3.05) is 0 Å². The largest absolute Gasteiger partial charge is 0.476 e. The van der Waals surface area contributed by atoms with Crippen LogP contribution in [0.5, 0.6) is 5.88 Å². The predicted octanol–water partition coefficient (Wildman–Crippen LogP) is 3.78. The van der Waals surface area contributed by atoms with Crippen molar-refractivity contribution in [1.29, 1.82) is 0 Å². The second-order valence-corrected chi connectivity index (χ2v) is 5.37. The minimum absolute atomic E-state index is 0.133. The number of rotatable bonds is 4. The van der Waals surface area contributed by atoms with E-state index >= 15 is 0 Å². The fourth-order valence-corrected chi connectivity index (χ4v) is 2.72. The topological polar surface area (TPSA) is 59.4 Å². The molecule has 0 saturated heterocycles. The van der Waals surface area contributed by atoms with Crippen LogP contribution in [-0.4, -0.2) is 22.2 Å². The summed E-state index contributed by atoms with van der Waals surface area (Å²) in [5.41, 5.74) is -0.151. The van der Waals surface area contributed by atoms with E-state index in [0.717, 1.165) is 25.7 Å². The van der Waals surface area contributed by atoms with Gasteiger partial charge < -0.3 is 9.84 Å². The minimum atomic E-state index is -1.13. The molecule has 2 unspecified atom stereocenters. The molecule has 1 saturated carbocycles. The molecule has 0 spiro atoms. The van der Waals surface area contributed by atoms with Gasteiger partial charge in [-0.1, -0.05) is 31.4 Å². The Bertz CT molecular complexity index is 464. The van der Waals surface area contributed by atoms with Gasteiger partial charge in [0.1, 0.15) is 6.10 Å². The molecule has 1 N–H and O–H groups in total. The van der Waals surface area contributed by atoms with Crippen LogP contribution < -0.4 is 4.74 Å². The standard InChI is InChI=1S/C14H18ClNO3/c1-2-9-4-3-5-10(8-9)19-12-7-6-11(15)13(16-12)14(17)18/h6-7,9-10H,2-5,8H2,1H3,(H,17,18). The van der Waals surface area contributed by atoms with E-state index in [9.17, 15) is 4.79 Å². The van der Waals surface area contributed by atoms with Crippen molar-refractivity contribution in [2.45, 2.75) is 45.1 Å². The number of carboxylic acid groups (broad SMARTS) is 1. The Labute approximate surface area is 117 Å². The molecule has 1 aromatic rings. The smallest absolute Gasteiger partial charge is 0.356 e. The summed E-state index contributed by atoms with van der Waals surface area (Å²) in [6.45, 7) is 2.19. The number of aromatic carboxylic acids is 1. The fraction of sp³-hybridized carbons (Fsp3) is 0.571. The molecule has 19 heavy (non-hydrogen) atoms. The third-order valence-corrected chi connectivity index (χ3v) is 3.93. The quantitative estimate of drug-likeness (QED) is 0.913. The predicted molar refractivity (Wildman–Crippen MR) is 72.9 cm³/mol. The van der Waals surface area contributed by atoms with E-state index in [1.165, 1.54) is 12.5 Å². The Hall–Kier alpha value is -1.29. The van der Waals surface area contributed by atoms with Crippen LogP contribution >= 0.6 is 11.6 Å². The highest BCUT2D eigenvalue weighted by molar-refractivity contribution is 6.33. The lowest BCUT2D eigenvalue weighted by atomic mass is 9.85. The van der Waals surface area contributed by atoms with Crippen LogP contribution in [-0.2, 0) is 0 Å². The summed E-state index contributed by atoms with van der Waals surface area (Å²) in [6.07, 6.45) is 5.72. The van der Waals surface area contributed by atoms with Crippen LogP contribution in [0.15, 0.2) is 12.1 Å². The number of pyridine rings is 1. The molecule has 0 amide bonds. The molecule has 1 aliphatic rings. The Morgan fingerprint density at radius 2 is 2.32 bits per heavy atom. The van der Waals surface area contributed by atoms with Crippen LogP contribution in [0.2, 0.25) is 5.02 Å². The lowest BCUT2D eigenvalue weighted by molar-refractivity contribution is 0.0686. The number of hydrogen-bond donors (Lipinski definition) is 1. The maximum atomic E-state index is 11.0. The highest BCUT2D eigenvalue weighted by Crippen LogP contribution is 2.29. The van der Waals surface area contributed by atoms with E-state index in [1.807, 2.05) is 0 Å². The monoisotopic (exact) mass is 283 g/mol. The molecule has 1 aromatic heterocycles. The molecule has 4 nitrogen and oxygen atoms in total. The van der Waals surface area contributed by atoms with Gasteiger partial charge in [-0.15, -0.1) is 0 Å². The molecule has 0 aliphatic heterocycles. The van der Waals surface area contributed by atoms with E-state index in [-0.39, 0.29) is 16.8 Å². The van der Waals surface area contributed by atoms with E-state index in [1.54, 1.807) is 6.07 Å². The van der Waals surface area contributed by atoms with Gasteiger partial charge in [-0.25, -0.2) is 9.78 Å². The van der Waals surface area contributed by atoms with Gasteiger partial charge in [0.2, 0.25) is 5.88 Å². The molecule has 5 heteroatoms. The van der Waals surface area contributed by atoms with Gasteiger partial charge in [-0.05, 0) is 31.2 Å². The third kappa shape index (κ3) is 3.60. The third-order valence-electron chi connectivity index (χ3n) is 3.62. The zero-order valence-corrected chi connectivity index (χ0v) is 11.7. The van der Waals surface area contributed by atoms with E-state index in [4.69, 9.17) is 21.4 Å². The average Bonchev–Trinajstić information content (AvgIpc) is 2.41. The molecule has 0 bridgehead atoms. The summed E-state index contributed by atoms with van der Waals surface area (Å²) in [6, 6.07) is 3.15. The van der Waals surface area contributed by atoms with Gasteiger partial charge >= 0.3 is 5.97 Å². The second-order valence-electron chi connectivity index (χ2n) is 4.97. The molecule has 2 rings (SSSR count). The first-order chi connectivity index (χ1) is 9.10. The van der Waals surface area contributed by atoms with Gasteiger partial charge in [0.15, 0.2) is 5.69 Å². The lowest BCUT2D eigenvalue weighted by Crippen LogP contribution is -2.25. The maximum Gasteiger partial charge on any atom is 0.356 e. The molecule has 104 valence electrons. The SMILES string of the molecule is CCC1CCCC(Oc2ccc(Cl)c(C(=O)O)n2)C1. The van der Waals surface area contributed by atoms with Gasteiger partial charge in [0, 0.05) is 6.07 Å². The molecular weight excluding hydrogens is 266 g/mol. The van der Waals surface area contributed by atoms with Crippen LogP contribution in [0.3, 0.4) is 0 Å². The fourth-order valence-electron chi connectivity index (χ4n) is 2.53. The summed E-state index contributed by atoms with van der Waals surface area (Å²) in [5.74, 6) is -0.0842. The minimum Gasteiger partial charge on any atom is -0.476 e. The number of halogens is 1. The summed E-state index contributed by atoms with van der Waals surface area (Å²) < 4.78 is 5.80. The van der Waals surface area contributed by atoms with Gasteiger partial charge in [-0.3, -0.25) is 0 Å². The summed E-state index contributed by atoms with van der Waals surface area (Å²) in [4.78, 5) is 14.9. The molecule has 1 heterocycles. The Balaban J connectivity index is 2.06. The van der Waals surface area contributed by atoms with E-state index in [2.05, 4.69) is 11.9 Å². The normalized spacial score (nSPS) is 23.1. The Kier molecular flexibility index (Phi) is 4.64. The number of carboxylic acids is 1. The number of carbonyl (C=O) groups is 1. The average molecular weight is 284 g/mol. The lowest BCUT2D eigenvalue weighted by Gasteiger charge is -2.28. The van der Waals surface area contributed by atoms with Crippen LogP contribution in [0.1, 0.15) is 49.5 Å². The molecule has 1 aliphatic carbocycles. The zero-order valence-electron chi connectivity index (χ0n) is 10.9. The highest BCUT2D eigenvalue weighted by atomic mass is 35.5. The van der Waals surface area contributed by atoms with Crippen LogP contribution in [0, 0.1) is 5.92 Å². The molecule has 0 radical (unpaired) electrons. The Morgan fingerprint density at radius 1 is 1.53 bits per heavy atom.